The number of hydrogen-bond acceptors (Lipinski definition) is 2. The van der Waals surface area contributed by atoms with Gasteiger partial charge in [-0.15, -0.1) is 3.89 Å². The minimum Gasteiger partial charge on any atom is -0.189 e. The Morgan fingerprint density at radius 3 is 2.42 bits per heavy atom. The lowest BCUT2D eigenvalue weighted by Gasteiger charge is -1.99. The van der Waals surface area contributed by atoms with Gasteiger partial charge in [0.2, 0.25) is 0 Å². The van der Waals surface area contributed by atoms with Crippen LogP contribution in [-0.4, -0.2) is 8.42 Å². The second-order valence-corrected chi connectivity index (χ2v) is 4.85. The molecule has 2 nitrogen and oxygen atoms in total. The Kier molecular flexibility index (Phi) is 2.72. The van der Waals surface area contributed by atoms with Crippen molar-refractivity contribution in [2.45, 2.75) is 11.8 Å². The van der Waals surface area contributed by atoms with E-state index in [4.69, 9.17) is 0 Å². The van der Waals surface area contributed by atoms with Crippen LogP contribution < -0.4 is 0 Å². The predicted molar refractivity (Wildman–Crippen MR) is 52.2 cm³/mol. The number of halogens is 2. The minimum atomic E-state index is -4.56. The lowest BCUT2D eigenvalue weighted by atomic mass is 10.2. The molecule has 1 rings (SSSR count). The van der Waals surface area contributed by atoms with Crippen LogP contribution in [0.1, 0.15) is 5.56 Å². The van der Waals surface area contributed by atoms with Crippen molar-refractivity contribution in [2.24, 2.45) is 0 Å². The van der Waals surface area contributed by atoms with Gasteiger partial charge in [-0.3, -0.25) is 0 Å². The van der Waals surface area contributed by atoms with Crippen molar-refractivity contribution in [3.63, 3.8) is 0 Å². The molecule has 0 spiro atoms. The van der Waals surface area contributed by atoms with Gasteiger partial charge in [-0.25, -0.2) is 0 Å². The molecule has 12 heavy (non-hydrogen) atoms. The fraction of sp³-hybridized carbons (Fsp3) is 0.143. The van der Waals surface area contributed by atoms with Crippen molar-refractivity contribution in [1.82, 2.24) is 0 Å². The quantitative estimate of drug-likeness (QED) is 0.589. The summed E-state index contributed by atoms with van der Waals surface area (Å²) in [7, 11) is -4.56. The second kappa shape index (κ2) is 3.29. The van der Waals surface area contributed by atoms with Gasteiger partial charge >= 0.3 is 10.2 Å². The van der Waals surface area contributed by atoms with Gasteiger partial charge in [-0.1, -0.05) is 6.07 Å². The number of aryl methyl sites for hydroxylation is 1. The first kappa shape index (κ1) is 9.91. The molecule has 0 bridgehead atoms. The number of rotatable bonds is 1. The zero-order chi connectivity index (χ0) is 9.35. The zero-order valence-corrected chi connectivity index (χ0v) is 9.19. The van der Waals surface area contributed by atoms with Crippen LogP contribution in [0.3, 0.4) is 0 Å². The van der Waals surface area contributed by atoms with Gasteiger partial charge in [0.15, 0.2) is 0 Å². The molecule has 0 aliphatic rings. The topological polar surface area (TPSA) is 34.1 Å². The van der Waals surface area contributed by atoms with E-state index in [9.17, 15) is 12.3 Å². The van der Waals surface area contributed by atoms with E-state index in [1.54, 1.807) is 34.7 Å². The third-order valence-electron chi connectivity index (χ3n) is 1.35. The summed E-state index contributed by atoms with van der Waals surface area (Å²) in [4.78, 5) is -0.256. The molecule has 0 saturated heterocycles. The molecule has 66 valence electrons. The van der Waals surface area contributed by atoms with E-state index in [1.165, 1.54) is 6.07 Å². The fourth-order valence-corrected chi connectivity index (χ4v) is 2.79. The molecule has 0 saturated carbocycles. The van der Waals surface area contributed by atoms with Crippen LogP contribution in [0.2, 0.25) is 0 Å². The zero-order valence-electron chi connectivity index (χ0n) is 6.21. The summed E-state index contributed by atoms with van der Waals surface area (Å²) in [6.45, 7) is 1.82. The van der Waals surface area contributed by atoms with Crippen molar-refractivity contribution in [3.05, 3.63) is 27.3 Å². The smallest absolute Gasteiger partial charge is 0.189 e. The van der Waals surface area contributed by atoms with E-state index in [0.717, 1.165) is 5.56 Å². The Labute approximate surface area is 84.1 Å². The van der Waals surface area contributed by atoms with Gasteiger partial charge in [0.05, 0.1) is 0 Å². The predicted octanol–water partition coefficient (Wildman–Crippen LogP) is 2.26. The molecule has 0 unspecified atom stereocenters. The van der Waals surface area contributed by atoms with Crippen molar-refractivity contribution < 1.29 is 12.3 Å². The maximum Gasteiger partial charge on any atom is 0.333 e. The summed E-state index contributed by atoms with van der Waals surface area (Å²) in [5.41, 5.74) is 0.909. The van der Waals surface area contributed by atoms with Crippen LogP contribution in [0.25, 0.3) is 0 Å². The van der Waals surface area contributed by atoms with Crippen LogP contribution in [-0.2, 0) is 10.2 Å². The van der Waals surface area contributed by atoms with Gasteiger partial charge in [0.1, 0.15) is 4.90 Å². The average molecular weight is 300 g/mol. The molecule has 0 heterocycles. The molecule has 1 aromatic rings. The first-order chi connectivity index (χ1) is 5.41. The highest BCUT2D eigenvalue weighted by Crippen LogP contribution is 2.20. The molecule has 5 heteroatoms. The number of hydrogen-bond donors (Lipinski definition) is 0. The van der Waals surface area contributed by atoms with E-state index >= 15 is 0 Å². The highest BCUT2D eigenvalue weighted by Gasteiger charge is 2.15. The van der Waals surface area contributed by atoms with Gasteiger partial charge < -0.3 is 0 Å². The van der Waals surface area contributed by atoms with Crippen LogP contribution >= 0.6 is 22.6 Å². The molecular weight excluding hydrogens is 294 g/mol. The summed E-state index contributed by atoms with van der Waals surface area (Å²) >= 11 is 1.79. The second-order valence-electron chi connectivity index (χ2n) is 2.37. The van der Waals surface area contributed by atoms with Crippen molar-refractivity contribution in [1.29, 1.82) is 0 Å². The third kappa shape index (κ3) is 2.16. The van der Waals surface area contributed by atoms with Crippen molar-refractivity contribution in [2.75, 3.05) is 0 Å². The van der Waals surface area contributed by atoms with E-state index in [1.807, 2.05) is 6.92 Å². The molecule has 0 aliphatic heterocycles. The molecule has 0 N–H and O–H groups in total. The maximum absolute atomic E-state index is 12.5. The van der Waals surface area contributed by atoms with Gasteiger partial charge in [0.25, 0.3) is 0 Å². The molecule has 0 aromatic heterocycles. The molecule has 0 radical (unpaired) electrons. The fourth-order valence-electron chi connectivity index (χ4n) is 0.804. The third-order valence-corrected chi connectivity index (χ3v) is 3.49. The first-order valence-electron chi connectivity index (χ1n) is 3.12. The van der Waals surface area contributed by atoms with Crippen LogP contribution in [0.15, 0.2) is 23.1 Å². The molecule has 0 aliphatic carbocycles. The normalized spacial score (nSPS) is 11.6. The Morgan fingerprint density at radius 2 is 2.00 bits per heavy atom. The minimum absolute atomic E-state index is 0.256. The molecular formula is C7H6FIO2S. The molecule has 0 amide bonds. The molecule has 0 fully saturated rings. The summed E-state index contributed by atoms with van der Waals surface area (Å²) in [5.74, 6) is 0. The van der Waals surface area contributed by atoms with E-state index in [-0.39, 0.29) is 4.90 Å². The van der Waals surface area contributed by atoms with E-state index in [2.05, 4.69) is 0 Å². The van der Waals surface area contributed by atoms with Crippen LogP contribution in [0.4, 0.5) is 3.89 Å². The summed E-state index contributed by atoms with van der Waals surface area (Å²) in [6.07, 6.45) is 0. The maximum atomic E-state index is 12.5. The first-order valence-corrected chi connectivity index (χ1v) is 5.58. The van der Waals surface area contributed by atoms with Crippen LogP contribution in [0.5, 0.6) is 0 Å². The highest BCUT2D eigenvalue weighted by atomic mass is 127. The number of benzene rings is 1. The van der Waals surface area contributed by atoms with Gasteiger partial charge in [-0.05, 0) is 47.2 Å². The summed E-state index contributed by atoms with van der Waals surface area (Å²) in [6, 6.07) is 4.45. The van der Waals surface area contributed by atoms with E-state index in [0.29, 0.717) is 3.57 Å². The summed E-state index contributed by atoms with van der Waals surface area (Å²) in [5, 5.41) is 0. The Morgan fingerprint density at radius 1 is 1.42 bits per heavy atom. The lowest BCUT2D eigenvalue weighted by Crippen LogP contribution is -1.95. The summed E-state index contributed by atoms with van der Waals surface area (Å²) < 4.78 is 33.9. The van der Waals surface area contributed by atoms with Crippen molar-refractivity contribution in [3.8, 4) is 0 Å². The SMILES string of the molecule is Cc1ccc(S(=O)(=O)F)c(I)c1. The van der Waals surface area contributed by atoms with E-state index < -0.39 is 10.2 Å². The van der Waals surface area contributed by atoms with Gasteiger partial charge in [-0.2, -0.15) is 8.42 Å². The Hall–Kier alpha value is -0.170. The Bertz CT molecular complexity index is 400. The average Bonchev–Trinajstić information content (AvgIpc) is 1.83. The highest BCUT2D eigenvalue weighted by molar-refractivity contribution is 14.1. The standard InChI is InChI=1S/C7H6FIO2S/c1-5-2-3-7(6(9)4-5)12(8,10)11/h2-4H,1H3. The molecule has 0 atom stereocenters. The van der Waals surface area contributed by atoms with Crippen molar-refractivity contribution >= 4 is 32.8 Å². The lowest BCUT2D eigenvalue weighted by molar-refractivity contribution is 0.551. The van der Waals surface area contributed by atoms with Gasteiger partial charge in [0, 0.05) is 3.57 Å². The monoisotopic (exact) mass is 300 g/mol. The largest absolute Gasteiger partial charge is 0.333 e. The van der Waals surface area contributed by atoms with Crippen LogP contribution in [0, 0.1) is 10.5 Å². The molecule has 1 aromatic carbocycles. The Balaban J connectivity index is 3.39.